The number of nitrogens with one attached hydrogen (secondary N) is 1. The molecule has 2 fully saturated rings. The molecule has 2 heterocycles. The van der Waals surface area contributed by atoms with E-state index in [1.54, 1.807) is 0 Å². The lowest BCUT2D eigenvalue weighted by Crippen LogP contribution is -2.65. The molecule has 4 heteroatoms. The Morgan fingerprint density at radius 2 is 1.90 bits per heavy atom. The number of hydrogen-bond donors (Lipinski definition) is 1. The topological polar surface area (TPSA) is 41.0 Å². The van der Waals surface area contributed by atoms with E-state index in [1.807, 2.05) is 18.5 Å². The van der Waals surface area contributed by atoms with Gasteiger partial charge in [0.25, 0.3) is 0 Å². The highest BCUT2D eigenvalue weighted by Crippen LogP contribution is 2.37. The summed E-state index contributed by atoms with van der Waals surface area (Å²) in [7, 11) is 0. The van der Waals surface area contributed by atoms with Crippen LogP contribution in [0.5, 0.6) is 0 Å². The first-order valence-electron chi connectivity index (χ1n) is 8.24. The molecule has 1 unspecified atom stereocenters. The van der Waals surface area contributed by atoms with Crippen molar-refractivity contribution in [2.45, 2.75) is 64.6 Å². The third kappa shape index (κ3) is 3.27. The summed E-state index contributed by atoms with van der Waals surface area (Å²) >= 11 is 0. The van der Waals surface area contributed by atoms with E-state index in [0.29, 0.717) is 11.6 Å². The van der Waals surface area contributed by atoms with Gasteiger partial charge in [-0.3, -0.25) is 4.90 Å². The maximum absolute atomic E-state index is 4.43. The van der Waals surface area contributed by atoms with Gasteiger partial charge in [0.15, 0.2) is 0 Å². The summed E-state index contributed by atoms with van der Waals surface area (Å²) in [6, 6.07) is 2.42. The number of aromatic nitrogens is 2. The fraction of sp³-hybridized carbons (Fsp3) is 0.765. The highest BCUT2D eigenvalue weighted by atomic mass is 15.3. The molecule has 1 spiro atoms. The van der Waals surface area contributed by atoms with Crippen molar-refractivity contribution in [2.24, 2.45) is 5.41 Å². The average Bonchev–Trinajstić information content (AvgIpc) is 2.87. The molecule has 1 saturated carbocycles. The van der Waals surface area contributed by atoms with E-state index in [-0.39, 0.29) is 5.41 Å². The lowest BCUT2D eigenvalue weighted by atomic mass is 9.81. The van der Waals surface area contributed by atoms with Crippen LogP contribution in [0.15, 0.2) is 18.5 Å². The lowest BCUT2D eigenvalue weighted by molar-refractivity contribution is 0.0162. The summed E-state index contributed by atoms with van der Waals surface area (Å²) < 4.78 is 0. The van der Waals surface area contributed by atoms with Crippen molar-refractivity contribution in [2.75, 3.05) is 13.1 Å². The van der Waals surface area contributed by atoms with Crippen LogP contribution in [0.2, 0.25) is 0 Å². The third-order valence-corrected chi connectivity index (χ3v) is 5.14. The van der Waals surface area contributed by atoms with Gasteiger partial charge in [-0.05, 0) is 24.3 Å². The summed E-state index contributed by atoms with van der Waals surface area (Å²) in [5, 5.41) is 3.88. The summed E-state index contributed by atoms with van der Waals surface area (Å²) in [4.78, 5) is 11.5. The van der Waals surface area contributed by atoms with Crippen LogP contribution in [0.1, 0.15) is 52.3 Å². The van der Waals surface area contributed by atoms with Crippen molar-refractivity contribution in [3.05, 3.63) is 24.3 Å². The monoisotopic (exact) mass is 288 g/mol. The molecule has 3 rings (SSSR count). The molecule has 116 valence electrons. The molecule has 1 aromatic heterocycles. The summed E-state index contributed by atoms with van der Waals surface area (Å²) in [6.07, 6.45) is 9.06. The van der Waals surface area contributed by atoms with Gasteiger partial charge >= 0.3 is 0 Å². The van der Waals surface area contributed by atoms with Crippen LogP contribution in [0.4, 0.5) is 0 Å². The summed E-state index contributed by atoms with van der Waals surface area (Å²) in [5.41, 5.74) is 0.610. The van der Waals surface area contributed by atoms with E-state index in [4.69, 9.17) is 0 Å². The Bertz CT molecular complexity index is 459. The predicted molar refractivity (Wildman–Crippen MR) is 84.9 cm³/mol. The number of nitrogens with zero attached hydrogens (tertiary/aromatic N) is 3. The Morgan fingerprint density at radius 3 is 2.52 bits per heavy atom. The van der Waals surface area contributed by atoms with Crippen LogP contribution in [0.25, 0.3) is 0 Å². The molecule has 1 saturated heterocycles. The minimum absolute atomic E-state index is 0.266. The van der Waals surface area contributed by atoms with Gasteiger partial charge < -0.3 is 5.32 Å². The largest absolute Gasteiger partial charge is 0.308 e. The second-order valence-corrected chi connectivity index (χ2v) is 7.82. The standard InChI is InChI=1S/C17H28N4/c1-16(2,3)14-11-20-17(7-4-5-8-17)13-21(14)12-15-18-9-6-10-19-15/h6,9-10,14,20H,4-5,7-8,11-13H2,1-3H3. The first-order valence-corrected chi connectivity index (χ1v) is 8.24. The highest BCUT2D eigenvalue weighted by Gasteiger charge is 2.44. The molecule has 0 radical (unpaired) electrons. The van der Waals surface area contributed by atoms with Crippen LogP contribution in [-0.4, -0.2) is 39.5 Å². The third-order valence-electron chi connectivity index (χ3n) is 5.14. The zero-order valence-corrected chi connectivity index (χ0v) is 13.6. The Labute approximate surface area is 128 Å². The van der Waals surface area contributed by atoms with Crippen molar-refractivity contribution in [1.29, 1.82) is 0 Å². The van der Waals surface area contributed by atoms with E-state index in [1.165, 1.54) is 25.7 Å². The average molecular weight is 288 g/mol. The zero-order valence-electron chi connectivity index (χ0n) is 13.6. The van der Waals surface area contributed by atoms with Crippen molar-refractivity contribution in [1.82, 2.24) is 20.2 Å². The Morgan fingerprint density at radius 1 is 1.24 bits per heavy atom. The van der Waals surface area contributed by atoms with Gasteiger partial charge in [-0.15, -0.1) is 0 Å². The number of piperazine rings is 1. The highest BCUT2D eigenvalue weighted by molar-refractivity contribution is 5.04. The van der Waals surface area contributed by atoms with Crippen LogP contribution < -0.4 is 5.32 Å². The Balaban J connectivity index is 1.79. The fourth-order valence-electron chi connectivity index (χ4n) is 4.00. The van der Waals surface area contributed by atoms with Crippen molar-refractivity contribution < 1.29 is 0 Å². The van der Waals surface area contributed by atoms with E-state index in [9.17, 15) is 0 Å². The molecule has 0 amide bonds. The zero-order chi connectivity index (χ0) is 14.9. The molecule has 0 bridgehead atoms. The second kappa shape index (κ2) is 5.65. The minimum atomic E-state index is 0.266. The minimum Gasteiger partial charge on any atom is -0.308 e. The van der Waals surface area contributed by atoms with Gasteiger partial charge in [0.2, 0.25) is 0 Å². The van der Waals surface area contributed by atoms with E-state index >= 15 is 0 Å². The number of rotatable bonds is 2. The molecule has 0 aromatic carbocycles. The molecule has 4 nitrogen and oxygen atoms in total. The van der Waals surface area contributed by atoms with Gasteiger partial charge in [0, 0.05) is 37.1 Å². The van der Waals surface area contributed by atoms with Crippen LogP contribution in [0.3, 0.4) is 0 Å². The van der Waals surface area contributed by atoms with Crippen LogP contribution in [0, 0.1) is 5.41 Å². The smallest absolute Gasteiger partial charge is 0.142 e. The molecule has 1 aliphatic carbocycles. The Hall–Kier alpha value is -1.00. The molecule has 21 heavy (non-hydrogen) atoms. The van der Waals surface area contributed by atoms with E-state index in [0.717, 1.165) is 25.5 Å². The maximum atomic E-state index is 4.43. The van der Waals surface area contributed by atoms with Crippen molar-refractivity contribution in [3.63, 3.8) is 0 Å². The number of hydrogen-bond acceptors (Lipinski definition) is 4. The molecular weight excluding hydrogens is 260 g/mol. The predicted octanol–water partition coefficient (Wildman–Crippen LogP) is 2.61. The maximum Gasteiger partial charge on any atom is 0.142 e. The summed E-state index contributed by atoms with van der Waals surface area (Å²) in [6.45, 7) is 10.1. The van der Waals surface area contributed by atoms with Gasteiger partial charge in [-0.25, -0.2) is 9.97 Å². The molecule has 1 atom stereocenters. The van der Waals surface area contributed by atoms with Crippen molar-refractivity contribution in [3.8, 4) is 0 Å². The van der Waals surface area contributed by atoms with Gasteiger partial charge in [0.05, 0.1) is 6.54 Å². The fourth-order valence-corrected chi connectivity index (χ4v) is 4.00. The molecule has 1 aromatic rings. The van der Waals surface area contributed by atoms with Gasteiger partial charge in [-0.2, -0.15) is 0 Å². The van der Waals surface area contributed by atoms with E-state index < -0.39 is 0 Å². The lowest BCUT2D eigenvalue weighted by Gasteiger charge is -2.50. The van der Waals surface area contributed by atoms with Crippen molar-refractivity contribution >= 4 is 0 Å². The molecule has 1 N–H and O–H groups in total. The quantitative estimate of drug-likeness (QED) is 0.908. The van der Waals surface area contributed by atoms with Crippen LogP contribution >= 0.6 is 0 Å². The second-order valence-electron chi connectivity index (χ2n) is 7.82. The molecular formula is C17H28N4. The van der Waals surface area contributed by atoms with E-state index in [2.05, 4.69) is 41.0 Å². The normalized spacial score (nSPS) is 26.3. The van der Waals surface area contributed by atoms with Gasteiger partial charge in [-0.1, -0.05) is 33.6 Å². The Kier molecular flexibility index (Phi) is 4.02. The first-order chi connectivity index (χ1) is 9.99. The first kappa shape index (κ1) is 14.9. The molecule has 1 aliphatic heterocycles. The SMILES string of the molecule is CC(C)(C)C1CNC2(CCCC2)CN1Cc1ncccn1. The van der Waals surface area contributed by atoms with Crippen LogP contribution in [-0.2, 0) is 6.54 Å². The molecule has 2 aliphatic rings. The van der Waals surface area contributed by atoms with Gasteiger partial charge in [0.1, 0.15) is 5.82 Å². The summed E-state index contributed by atoms with van der Waals surface area (Å²) in [5.74, 6) is 0.946.